The number of hydrogen-bond donors (Lipinski definition) is 1. The lowest BCUT2D eigenvalue weighted by atomic mass is 10.3. The van der Waals surface area contributed by atoms with E-state index in [9.17, 15) is 9.59 Å². The van der Waals surface area contributed by atoms with Gasteiger partial charge in [-0.15, -0.1) is 0 Å². The molecule has 0 atom stereocenters. The molecule has 2 aromatic heterocycles. The van der Waals surface area contributed by atoms with Gasteiger partial charge in [0.2, 0.25) is 11.3 Å². The molecule has 0 bridgehead atoms. The second-order valence-electron chi connectivity index (χ2n) is 5.01. The van der Waals surface area contributed by atoms with Gasteiger partial charge in [0.25, 0.3) is 0 Å². The number of aromatic nitrogens is 3. The maximum atomic E-state index is 11.9. The molecular formula is C15H18N4O3S. The number of hydrogen-bond acceptors (Lipinski definition) is 6. The number of pyridine rings is 1. The lowest BCUT2D eigenvalue weighted by molar-refractivity contribution is -0.118. The Morgan fingerprint density at radius 2 is 1.96 bits per heavy atom. The molecule has 0 radical (unpaired) electrons. The summed E-state index contributed by atoms with van der Waals surface area (Å²) in [7, 11) is 1.41. The predicted molar refractivity (Wildman–Crippen MR) is 87.5 cm³/mol. The lowest BCUT2D eigenvalue weighted by Gasteiger charge is -2.13. The zero-order valence-corrected chi connectivity index (χ0v) is 14.0. The van der Waals surface area contributed by atoms with Gasteiger partial charge in [0.1, 0.15) is 6.54 Å². The maximum absolute atomic E-state index is 11.9. The molecule has 0 aliphatic rings. The highest BCUT2D eigenvalue weighted by atomic mass is 32.2. The van der Waals surface area contributed by atoms with E-state index in [1.807, 2.05) is 19.9 Å². The van der Waals surface area contributed by atoms with Gasteiger partial charge >= 0.3 is 0 Å². The number of carbonyl (C=O) groups excluding carboxylic acids is 1. The van der Waals surface area contributed by atoms with E-state index >= 15 is 0 Å². The van der Waals surface area contributed by atoms with E-state index in [4.69, 9.17) is 10.5 Å². The molecule has 23 heavy (non-hydrogen) atoms. The molecule has 0 saturated carbocycles. The predicted octanol–water partition coefficient (Wildman–Crippen LogP) is 1.04. The number of carbonyl (C=O) groups is 1. The highest BCUT2D eigenvalue weighted by Crippen LogP contribution is 2.20. The molecule has 7 nitrogen and oxygen atoms in total. The van der Waals surface area contributed by atoms with Crippen LogP contribution < -0.4 is 15.9 Å². The number of amides is 1. The van der Waals surface area contributed by atoms with E-state index in [0.29, 0.717) is 16.6 Å². The van der Waals surface area contributed by atoms with Crippen LogP contribution in [0.25, 0.3) is 0 Å². The van der Waals surface area contributed by atoms with Crippen molar-refractivity contribution in [2.24, 2.45) is 5.73 Å². The molecule has 2 rings (SSSR count). The summed E-state index contributed by atoms with van der Waals surface area (Å²) >= 11 is 1.39. The Bertz CT molecular complexity index is 769. The van der Waals surface area contributed by atoms with Crippen LogP contribution in [0, 0.1) is 13.8 Å². The Morgan fingerprint density at radius 3 is 2.52 bits per heavy atom. The number of methoxy groups -OCH3 is 1. The van der Waals surface area contributed by atoms with Gasteiger partial charge < -0.3 is 15.0 Å². The first-order valence-electron chi connectivity index (χ1n) is 6.90. The van der Waals surface area contributed by atoms with Crippen molar-refractivity contribution in [2.45, 2.75) is 31.3 Å². The maximum Gasteiger partial charge on any atom is 0.237 e. The first kappa shape index (κ1) is 17.0. The van der Waals surface area contributed by atoms with Crippen molar-refractivity contribution in [3.05, 3.63) is 45.6 Å². The fraction of sp³-hybridized carbons (Fsp3) is 0.333. The number of aryl methyl sites for hydroxylation is 2. The SMILES string of the molecule is COc1cn(CC(N)=O)c(CSc2nc(C)cc(C)n2)cc1=O. The Hall–Kier alpha value is -2.35. The summed E-state index contributed by atoms with van der Waals surface area (Å²) in [4.78, 5) is 31.8. The molecule has 8 heteroatoms. The van der Waals surface area contributed by atoms with Gasteiger partial charge in [-0.05, 0) is 19.9 Å². The van der Waals surface area contributed by atoms with Crippen molar-refractivity contribution in [3.8, 4) is 5.75 Å². The summed E-state index contributed by atoms with van der Waals surface area (Å²) in [5.74, 6) is 0.113. The van der Waals surface area contributed by atoms with Gasteiger partial charge in [0.15, 0.2) is 10.9 Å². The van der Waals surface area contributed by atoms with Crippen LogP contribution in [-0.4, -0.2) is 27.6 Å². The van der Waals surface area contributed by atoms with Crippen LogP contribution in [-0.2, 0) is 17.1 Å². The second kappa shape index (κ2) is 7.28. The van der Waals surface area contributed by atoms with Crippen molar-refractivity contribution in [1.29, 1.82) is 0 Å². The van der Waals surface area contributed by atoms with E-state index < -0.39 is 5.91 Å². The van der Waals surface area contributed by atoms with Crippen LogP contribution in [0.1, 0.15) is 17.1 Å². The van der Waals surface area contributed by atoms with Crippen LogP contribution in [0.3, 0.4) is 0 Å². The molecule has 2 heterocycles. The molecule has 0 aromatic carbocycles. The van der Waals surface area contributed by atoms with Crippen LogP contribution >= 0.6 is 11.8 Å². The molecule has 2 N–H and O–H groups in total. The topological polar surface area (TPSA) is 100 Å². The van der Waals surface area contributed by atoms with Crippen LogP contribution in [0.15, 0.2) is 28.3 Å². The minimum Gasteiger partial charge on any atom is -0.491 e. The van der Waals surface area contributed by atoms with Crippen molar-refractivity contribution in [2.75, 3.05) is 7.11 Å². The van der Waals surface area contributed by atoms with Crippen molar-refractivity contribution < 1.29 is 9.53 Å². The van der Waals surface area contributed by atoms with Crippen molar-refractivity contribution >= 4 is 17.7 Å². The van der Waals surface area contributed by atoms with Crippen LogP contribution in [0.2, 0.25) is 0 Å². The number of rotatable bonds is 6. The van der Waals surface area contributed by atoms with Gasteiger partial charge in [-0.25, -0.2) is 9.97 Å². The first-order valence-corrected chi connectivity index (χ1v) is 7.88. The number of primary amides is 1. The monoisotopic (exact) mass is 334 g/mol. The normalized spacial score (nSPS) is 10.6. The quantitative estimate of drug-likeness (QED) is 0.626. The van der Waals surface area contributed by atoms with Gasteiger partial charge in [0, 0.05) is 28.9 Å². The van der Waals surface area contributed by atoms with Gasteiger partial charge in [-0.2, -0.15) is 0 Å². The van der Waals surface area contributed by atoms with Gasteiger partial charge in [0.05, 0.1) is 13.3 Å². The molecule has 0 aliphatic heterocycles. The minimum atomic E-state index is -0.496. The number of ether oxygens (including phenoxy) is 1. The summed E-state index contributed by atoms with van der Waals surface area (Å²) in [6.07, 6.45) is 1.49. The fourth-order valence-electron chi connectivity index (χ4n) is 2.08. The molecule has 1 amide bonds. The average Bonchev–Trinajstić information content (AvgIpc) is 2.45. The molecule has 2 aromatic rings. The largest absolute Gasteiger partial charge is 0.491 e. The molecule has 0 unspecified atom stereocenters. The summed E-state index contributed by atoms with van der Waals surface area (Å²) < 4.78 is 6.61. The summed E-state index contributed by atoms with van der Waals surface area (Å²) in [5.41, 5.74) is 7.43. The van der Waals surface area contributed by atoms with Gasteiger partial charge in [-0.1, -0.05) is 11.8 Å². The summed E-state index contributed by atoms with van der Waals surface area (Å²) in [5, 5.41) is 0.622. The van der Waals surface area contributed by atoms with E-state index in [1.165, 1.54) is 31.1 Å². The molecular weight excluding hydrogens is 316 g/mol. The Labute approximate surface area is 137 Å². The van der Waals surface area contributed by atoms with Crippen LogP contribution in [0.4, 0.5) is 0 Å². The highest BCUT2D eigenvalue weighted by molar-refractivity contribution is 7.98. The zero-order valence-electron chi connectivity index (χ0n) is 13.2. The number of nitrogens with two attached hydrogens (primary N) is 1. The molecule has 0 saturated heterocycles. The molecule has 0 aliphatic carbocycles. The summed E-state index contributed by atoms with van der Waals surface area (Å²) in [6, 6.07) is 3.33. The summed E-state index contributed by atoms with van der Waals surface area (Å²) in [6.45, 7) is 3.77. The fourth-order valence-corrected chi connectivity index (χ4v) is 3.03. The Morgan fingerprint density at radius 1 is 1.30 bits per heavy atom. The molecule has 122 valence electrons. The number of thioether (sulfide) groups is 1. The third-order valence-corrected chi connectivity index (χ3v) is 3.92. The van der Waals surface area contributed by atoms with E-state index in [0.717, 1.165) is 11.4 Å². The van der Waals surface area contributed by atoms with Gasteiger partial charge in [-0.3, -0.25) is 9.59 Å². The zero-order chi connectivity index (χ0) is 17.0. The Kier molecular flexibility index (Phi) is 5.38. The van der Waals surface area contributed by atoms with Crippen molar-refractivity contribution in [3.63, 3.8) is 0 Å². The minimum absolute atomic E-state index is 0.0275. The standard InChI is InChI=1S/C15H18N4O3S/c1-9-4-10(2)18-15(17-9)23-8-11-5-12(20)13(22-3)6-19(11)7-14(16)21/h4-6H,7-8H2,1-3H3,(H2,16,21). The second-order valence-corrected chi connectivity index (χ2v) is 5.96. The van der Waals surface area contributed by atoms with E-state index in [-0.39, 0.29) is 17.7 Å². The molecule has 0 spiro atoms. The van der Waals surface area contributed by atoms with Crippen molar-refractivity contribution in [1.82, 2.24) is 14.5 Å². The molecule has 0 fully saturated rings. The highest BCUT2D eigenvalue weighted by Gasteiger charge is 2.10. The smallest absolute Gasteiger partial charge is 0.237 e. The third-order valence-electron chi connectivity index (χ3n) is 3.04. The number of nitrogens with zero attached hydrogens (tertiary/aromatic N) is 3. The Balaban J connectivity index is 2.28. The first-order chi connectivity index (χ1) is 10.9. The third kappa shape index (κ3) is 4.56. The van der Waals surface area contributed by atoms with Crippen LogP contribution in [0.5, 0.6) is 5.75 Å². The van der Waals surface area contributed by atoms with E-state index in [2.05, 4.69) is 9.97 Å². The average molecular weight is 334 g/mol. The lowest BCUT2D eigenvalue weighted by Crippen LogP contribution is -2.22. The van der Waals surface area contributed by atoms with E-state index in [1.54, 1.807) is 4.57 Å².